The topological polar surface area (TPSA) is 42.0 Å². The summed E-state index contributed by atoms with van der Waals surface area (Å²) in [5.41, 5.74) is 0.864. The summed E-state index contributed by atoms with van der Waals surface area (Å²) in [6, 6.07) is 3.55. The second kappa shape index (κ2) is 5.12. The van der Waals surface area contributed by atoms with Crippen molar-refractivity contribution in [2.24, 2.45) is 0 Å². The van der Waals surface area contributed by atoms with E-state index in [-0.39, 0.29) is 5.78 Å². The first-order chi connectivity index (χ1) is 7.75. The Labute approximate surface area is 99.5 Å². The molecule has 1 saturated carbocycles. The molecule has 0 saturated heterocycles. The van der Waals surface area contributed by atoms with Crippen molar-refractivity contribution in [3.8, 4) is 0 Å². The largest absolute Gasteiger partial charge is 0.346 e. The Morgan fingerprint density at radius 2 is 2.12 bits per heavy atom. The number of nitrogens with one attached hydrogen (secondary N) is 1. The minimum Gasteiger partial charge on any atom is -0.346 e. The summed E-state index contributed by atoms with van der Waals surface area (Å²) < 4.78 is 0. The summed E-state index contributed by atoms with van der Waals surface area (Å²) in [5.74, 6) is 0.947. The lowest BCUT2D eigenvalue weighted by molar-refractivity contribution is -0.116. The average Bonchev–Trinajstić information content (AvgIpc) is 2.30. The Kier molecular flexibility index (Phi) is 3.57. The van der Waals surface area contributed by atoms with Crippen LogP contribution in [0, 0.1) is 0 Å². The molecule has 3 nitrogen and oxygen atoms in total. The van der Waals surface area contributed by atoms with Crippen molar-refractivity contribution in [2.75, 3.05) is 5.32 Å². The number of carbonyl (C=O) groups excluding carboxylic acids is 1. The van der Waals surface area contributed by atoms with Crippen LogP contribution in [-0.2, 0) is 4.79 Å². The van der Waals surface area contributed by atoms with Gasteiger partial charge in [0.1, 0.15) is 5.82 Å². The molecule has 4 heteroatoms. The van der Waals surface area contributed by atoms with Crippen molar-refractivity contribution < 1.29 is 4.79 Å². The standard InChI is InChI=1S/C12H13ClN2O/c13-10-5-6-12(15-8-10)14-7-9-3-1-2-4-11(9)16/h5-8H,1-4H2,(H,14,15)/b9-7-. The number of hydrogen-bond donors (Lipinski definition) is 1. The maximum absolute atomic E-state index is 11.5. The molecule has 1 aliphatic rings. The van der Waals surface area contributed by atoms with Crippen LogP contribution in [0.15, 0.2) is 30.1 Å². The smallest absolute Gasteiger partial charge is 0.160 e. The fourth-order valence-electron chi connectivity index (χ4n) is 1.68. The van der Waals surface area contributed by atoms with Gasteiger partial charge in [0, 0.05) is 24.4 Å². The van der Waals surface area contributed by atoms with Gasteiger partial charge in [-0.15, -0.1) is 0 Å². The first-order valence-electron chi connectivity index (χ1n) is 5.36. The van der Waals surface area contributed by atoms with Gasteiger partial charge in [-0.2, -0.15) is 0 Å². The Balaban J connectivity index is 2.02. The molecule has 1 aromatic rings. The van der Waals surface area contributed by atoms with Gasteiger partial charge in [-0.1, -0.05) is 11.6 Å². The number of aromatic nitrogens is 1. The van der Waals surface area contributed by atoms with E-state index < -0.39 is 0 Å². The third-order valence-corrected chi connectivity index (χ3v) is 2.80. The van der Waals surface area contributed by atoms with Gasteiger partial charge in [-0.3, -0.25) is 4.79 Å². The number of pyridine rings is 1. The van der Waals surface area contributed by atoms with E-state index in [1.165, 1.54) is 0 Å². The van der Waals surface area contributed by atoms with Crippen molar-refractivity contribution in [1.29, 1.82) is 0 Å². The molecule has 16 heavy (non-hydrogen) atoms. The van der Waals surface area contributed by atoms with Crippen LogP contribution in [0.4, 0.5) is 5.82 Å². The maximum Gasteiger partial charge on any atom is 0.160 e. The van der Waals surface area contributed by atoms with Gasteiger partial charge in [0.2, 0.25) is 0 Å². The van der Waals surface area contributed by atoms with Crippen molar-refractivity contribution in [1.82, 2.24) is 4.98 Å². The SMILES string of the molecule is O=C1CCCC/C1=C/Nc1ccc(Cl)cn1. The molecular weight excluding hydrogens is 224 g/mol. The van der Waals surface area contributed by atoms with E-state index in [4.69, 9.17) is 11.6 Å². The molecule has 0 bridgehead atoms. The van der Waals surface area contributed by atoms with Crippen LogP contribution >= 0.6 is 11.6 Å². The number of halogens is 1. The average molecular weight is 237 g/mol. The summed E-state index contributed by atoms with van der Waals surface area (Å²) in [6.45, 7) is 0. The summed E-state index contributed by atoms with van der Waals surface area (Å²) in [7, 11) is 0. The number of rotatable bonds is 2. The van der Waals surface area contributed by atoms with E-state index in [1.807, 2.05) is 0 Å². The fraction of sp³-hybridized carbons (Fsp3) is 0.333. The minimum absolute atomic E-state index is 0.243. The number of anilines is 1. The molecule has 1 aliphatic carbocycles. The summed E-state index contributed by atoms with van der Waals surface area (Å²) in [4.78, 5) is 15.6. The fourth-order valence-corrected chi connectivity index (χ4v) is 1.79. The van der Waals surface area contributed by atoms with E-state index in [0.29, 0.717) is 17.3 Å². The second-order valence-electron chi connectivity index (χ2n) is 3.81. The molecule has 0 unspecified atom stereocenters. The van der Waals surface area contributed by atoms with Gasteiger partial charge >= 0.3 is 0 Å². The molecule has 84 valence electrons. The minimum atomic E-state index is 0.243. The van der Waals surface area contributed by atoms with Crippen LogP contribution in [-0.4, -0.2) is 10.8 Å². The third kappa shape index (κ3) is 2.83. The molecule has 0 spiro atoms. The van der Waals surface area contributed by atoms with Gasteiger partial charge in [0.05, 0.1) is 5.02 Å². The van der Waals surface area contributed by atoms with Crippen molar-refractivity contribution in [3.63, 3.8) is 0 Å². The zero-order chi connectivity index (χ0) is 11.4. The normalized spacial score (nSPS) is 18.8. The van der Waals surface area contributed by atoms with Crippen LogP contribution in [0.1, 0.15) is 25.7 Å². The highest BCUT2D eigenvalue weighted by Crippen LogP contribution is 2.19. The van der Waals surface area contributed by atoms with Crippen LogP contribution in [0.3, 0.4) is 0 Å². The highest BCUT2D eigenvalue weighted by Gasteiger charge is 2.14. The highest BCUT2D eigenvalue weighted by molar-refractivity contribution is 6.30. The first kappa shape index (κ1) is 11.1. The molecule has 0 aliphatic heterocycles. The summed E-state index contributed by atoms with van der Waals surface area (Å²) in [6.07, 6.45) is 6.96. The Morgan fingerprint density at radius 1 is 1.31 bits per heavy atom. The molecule has 0 aromatic carbocycles. The number of hydrogen-bond acceptors (Lipinski definition) is 3. The summed E-state index contributed by atoms with van der Waals surface area (Å²) in [5, 5.41) is 3.62. The maximum atomic E-state index is 11.5. The lowest BCUT2D eigenvalue weighted by Gasteiger charge is -2.12. The lowest BCUT2D eigenvalue weighted by atomic mass is 9.94. The molecule has 1 heterocycles. The number of nitrogens with zero attached hydrogens (tertiary/aromatic N) is 1. The highest BCUT2D eigenvalue weighted by atomic mass is 35.5. The van der Waals surface area contributed by atoms with Crippen LogP contribution in [0.2, 0.25) is 5.02 Å². The first-order valence-corrected chi connectivity index (χ1v) is 5.74. The Bertz CT molecular complexity index is 412. The number of allylic oxidation sites excluding steroid dienone is 1. The molecule has 0 atom stereocenters. The molecule has 2 rings (SSSR count). The molecule has 0 radical (unpaired) electrons. The van der Waals surface area contributed by atoms with Gasteiger partial charge in [0.15, 0.2) is 5.78 Å². The zero-order valence-corrected chi connectivity index (χ0v) is 9.63. The van der Waals surface area contributed by atoms with Crippen molar-refractivity contribution in [3.05, 3.63) is 35.1 Å². The van der Waals surface area contributed by atoms with Crippen molar-refractivity contribution in [2.45, 2.75) is 25.7 Å². The third-order valence-electron chi connectivity index (χ3n) is 2.58. The summed E-state index contributed by atoms with van der Waals surface area (Å²) >= 11 is 5.72. The van der Waals surface area contributed by atoms with Crippen LogP contribution in [0.25, 0.3) is 0 Å². The van der Waals surface area contributed by atoms with E-state index in [9.17, 15) is 4.79 Å². The van der Waals surface area contributed by atoms with Gasteiger partial charge in [-0.05, 0) is 31.4 Å². The molecule has 1 N–H and O–H groups in total. The van der Waals surface area contributed by atoms with Crippen molar-refractivity contribution >= 4 is 23.2 Å². The molecular formula is C12H13ClN2O. The molecule has 0 amide bonds. The van der Waals surface area contributed by atoms with E-state index in [2.05, 4.69) is 10.3 Å². The predicted molar refractivity (Wildman–Crippen MR) is 64.4 cm³/mol. The van der Waals surface area contributed by atoms with Gasteiger partial charge in [0.25, 0.3) is 0 Å². The predicted octanol–water partition coefficient (Wildman–Crippen LogP) is 3.17. The Hall–Kier alpha value is -1.35. The van der Waals surface area contributed by atoms with E-state index in [0.717, 1.165) is 24.8 Å². The van der Waals surface area contributed by atoms with E-state index in [1.54, 1.807) is 24.5 Å². The van der Waals surface area contributed by atoms with Crippen LogP contribution < -0.4 is 5.32 Å². The number of ketones is 1. The quantitative estimate of drug-likeness (QED) is 0.802. The number of carbonyl (C=O) groups is 1. The van der Waals surface area contributed by atoms with E-state index >= 15 is 0 Å². The zero-order valence-electron chi connectivity index (χ0n) is 8.87. The Morgan fingerprint density at radius 3 is 2.81 bits per heavy atom. The number of Topliss-reactive ketones (excluding diaryl/α,β-unsaturated/α-hetero) is 1. The molecule has 1 fully saturated rings. The monoisotopic (exact) mass is 236 g/mol. The van der Waals surface area contributed by atoms with Crippen LogP contribution in [0.5, 0.6) is 0 Å². The molecule has 1 aromatic heterocycles. The lowest BCUT2D eigenvalue weighted by Crippen LogP contribution is -2.10. The second-order valence-corrected chi connectivity index (χ2v) is 4.24. The van der Waals surface area contributed by atoms with Gasteiger partial charge < -0.3 is 5.32 Å². The van der Waals surface area contributed by atoms with Gasteiger partial charge in [-0.25, -0.2) is 4.98 Å².